The van der Waals surface area contributed by atoms with E-state index in [1.54, 1.807) is 9.80 Å². The van der Waals surface area contributed by atoms with Crippen LogP contribution in [0.5, 0.6) is 0 Å². The molecule has 10 heteroatoms. The summed E-state index contributed by atoms with van der Waals surface area (Å²) in [6, 6.07) is 0.598. The SMILES string of the molecule is CC(C)CN1C(=O)N(C)C(=O)C12CCN(c1cc(C(F)(F)F)ncn1)CC2. The minimum Gasteiger partial charge on any atom is -0.356 e. The molecule has 3 amide bonds. The number of carbonyl (C=O) groups is 2. The smallest absolute Gasteiger partial charge is 0.356 e. The first-order valence-electron chi connectivity index (χ1n) is 8.80. The number of aromatic nitrogens is 2. The van der Waals surface area contributed by atoms with Crippen molar-refractivity contribution in [3.63, 3.8) is 0 Å². The zero-order valence-electron chi connectivity index (χ0n) is 15.5. The number of rotatable bonds is 3. The number of alkyl halides is 3. The number of anilines is 1. The highest BCUT2D eigenvalue weighted by Gasteiger charge is 2.56. The maximum atomic E-state index is 12.9. The van der Waals surface area contributed by atoms with Crippen molar-refractivity contribution in [2.75, 3.05) is 31.6 Å². The van der Waals surface area contributed by atoms with Crippen molar-refractivity contribution in [1.29, 1.82) is 0 Å². The summed E-state index contributed by atoms with van der Waals surface area (Å²) in [5, 5.41) is 0. The maximum absolute atomic E-state index is 12.9. The number of amides is 3. The largest absolute Gasteiger partial charge is 0.433 e. The Morgan fingerprint density at radius 2 is 1.81 bits per heavy atom. The van der Waals surface area contributed by atoms with Crippen LogP contribution in [0.1, 0.15) is 32.4 Å². The van der Waals surface area contributed by atoms with E-state index in [9.17, 15) is 22.8 Å². The minimum atomic E-state index is -4.54. The molecule has 2 aliphatic rings. The molecule has 2 aliphatic heterocycles. The van der Waals surface area contributed by atoms with Crippen LogP contribution in [0, 0.1) is 5.92 Å². The molecule has 0 atom stereocenters. The fraction of sp³-hybridized carbons (Fsp3) is 0.647. The minimum absolute atomic E-state index is 0.174. The van der Waals surface area contributed by atoms with E-state index in [0.29, 0.717) is 32.5 Å². The lowest BCUT2D eigenvalue weighted by atomic mass is 9.85. The Morgan fingerprint density at radius 3 is 2.37 bits per heavy atom. The van der Waals surface area contributed by atoms with Gasteiger partial charge in [-0.15, -0.1) is 0 Å². The molecule has 2 fully saturated rings. The van der Waals surface area contributed by atoms with Gasteiger partial charge in [-0.3, -0.25) is 9.69 Å². The fourth-order valence-electron chi connectivity index (χ4n) is 3.76. The van der Waals surface area contributed by atoms with Crippen LogP contribution < -0.4 is 4.90 Å². The second-order valence-electron chi connectivity index (χ2n) is 7.43. The third-order valence-corrected chi connectivity index (χ3v) is 5.14. The maximum Gasteiger partial charge on any atom is 0.433 e. The third-order valence-electron chi connectivity index (χ3n) is 5.14. The van der Waals surface area contributed by atoms with Gasteiger partial charge in [0.2, 0.25) is 0 Å². The van der Waals surface area contributed by atoms with Gasteiger partial charge in [-0.1, -0.05) is 13.8 Å². The Labute approximate surface area is 155 Å². The van der Waals surface area contributed by atoms with Crippen molar-refractivity contribution in [3.05, 3.63) is 18.1 Å². The van der Waals surface area contributed by atoms with Crippen molar-refractivity contribution < 1.29 is 22.8 Å². The van der Waals surface area contributed by atoms with E-state index in [4.69, 9.17) is 0 Å². The van der Waals surface area contributed by atoms with Crippen molar-refractivity contribution in [3.8, 4) is 0 Å². The van der Waals surface area contributed by atoms with E-state index in [0.717, 1.165) is 17.3 Å². The van der Waals surface area contributed by atoms with Gasteiger partial charge in [0, 0.05) is 32.7 Å². The number of piperidine rings is 1. The number of halogens is 3. The third kappa shape index (κ3) is 3.32. The van der Waals surface area contributed by atoms with Crippen molar-refractivity contribution >= 4 is 17.8 Å². The first-order valence-corrected chi connectivity index (χ1v) is 8.80. The van der Waals surface area contributed by atoms with Crippen LogP contribution in [0.3, 0.4) is 0 Å². The lowest BCUT2D eigenvalue weighted by Gasteiger charge is -2.43. The normalized spacial score (nSPS) is 20.3. The predicted molar refractivity (Wildman–Crippen MR) is 90.9 cm³/mol. The Hall–Kier alpha value is -2.39. The lowest BCUT2D eigenvalue weighted by molar-refractivity contribution is -0.141. The zero-order valence-corrected chi connectivity index (χ0v) is 15.5. The van der Waals surface area contributed by atoms with E-state index in [1.165, 1.54) is 7.05 Å². The number of likely N-dealkylation sites (N-methyl/N-ethyl adjacent to an activating group) is 1. The van der Waals surface area contributed by atoms with Crippen LogP contribution in [-0.2, 0) is 11.0 Å². The lowest BCUT2D eigenvalue weighted by Crippen LogP contribution is -2.57. The molecule has 1 aromatic heterocycles. The summed E-state index contributed by atoms with van der Waals surface area (Å²) in [6.45, 7) is 5.06. The average molecular weight is 385 g/mol. The molecule has 1 spiro atoms. The van der Waals surface area contributed by atoms with Gasteiger partial charge < -0.3 is 9.80 Å². The highest BCUT2D eigenvalue weighted by molar-refractivity contribution is 6.06. The zero-order chi connectivity index (χ0) is 20.0. The molecule has 0 aliphatic carbocycles. The topological polar surface area (TPSA) is 69.6 Å². The van der Waals surface area contributed by atoms with Crippen LogP contribution in [0.4, 0.5) is 23.8 Å². The molecule has 0 unspecified atom stereocenters. The van der Waals surface area contributed by atoms with Gasteiger partial charge in [0.15, 0.2) is 0 Å². The van der Waals surface area contributed by atoms with Gasteiger partial charge in [0.05, 0.1) is 0 Å². The molecule has 2 saturated heterocycles. The molecule has 0 bridgehead atoms. The van der Waals surface area contributed by atoms with Gasteiger partial charge >= 0.3 is 12.2 Å². The molecule has 0 aromatic carbocycles. The Morgan fingerprint density at radius 1 is 1.19 bits per heavy atom. The monoisotopic (exact) mass is 385 g/mol. The molecule has 0 N–H and O–H groups in total. The summed E-state index contributed by atoms with van der Waals surface area (Å²) < 4.78 is 38.6. The van der Waals surface area contributed by atoms with E-state index in [1.807, 2.05) is 13.8 Å². The Bertz CT molecular complexity index is 744. The Kier molecular flexibility index (Phi) is 4.77. The second kappa shape index (κ2) is 6.65. The average Bonchev–Trinajstić information content (AvgIpc) is 2.78. The molecule has 27 heavy (non-hydrogen) atoms. The standard InChI is InChI=1S/C17H22F3N5O2/c1-11(2)9-25-15(27)23(3)14(26)16(25)4-6-24(7-5-16)13-8-12(17(18,19)20)21-10-22-13/h8,10-11H,4-7,9H2,1-3H3. The Balaban J connectivity index is 1.81. The van der Waals surface area contributed by atoms with Crippen LogP contribution in [0.2, 0.25) is 0 Å². The molecule has 148 valence electrons. The molecule has 0 radical (unpaired) electrons. The molecule has 3 heterocycles. The molecule has 0 saturated carbocycles. The molecular weight excluding hydrogens is 363 g/mol. The summed E-state index contributed by atoms with van der Waals surface area (Å²) >= 11 is 0. The summed E-state index contributed by atoms with van der Waals surface area (Å²) in [5.74, 6) is 0.124. The first kappa shape index (κ1) is 19.4. The van der Waals surface area contributed by atoms with E-state index >= 15 is 0 Å². The van der Waals surface area contributed by atoms with Crippen LogP contribution in [-0.4, -0.2) is 63.9 Å². The van der Waals surface area contributed by atoms with Crippen LogP contribution in [0.25, 0.3) is 0 Å². The van der Waals surface area contributed by atoms with E-state index < -0.39 is 17.4 Å². The van der Waals surface area contributed by atoms with Crippen LogP contribution in [0.15, 0.2) is 12.4 Å². The van der Waals surface area contributed by atoms with E-state index in [-0.39, 0.29) is 23.7 Å². The number of urea groups is 1. The molecule has 3 rings (SSSR count). The first-order chi connectivity index (χ1) is 12.6. The quantitative estimate of drug-likeness (QED) is 0.748. The number of nitrogens with zero attached hydrogens (tertiary/aromatic N) is 5. The highest BCUT2D eigenvalue weighted by atomic mass is 19.4. The van der Waals surface area contributed by atoms with Gasteiger partial charge in [-0.25, -0.2) is 14.8 Å². The summed E-state index contributed by atoms with van der Waals surface area (Å²) in [7, 11) is 1.47. The number of hydrogen-bond donors (Lipinski definition) is 0. The highest BCUT2D eigenvalue weighted by Crippen LogP contribution is 2.38. The van der Waals surface area contributed by atoms with Crippen molar-refractivity contribution in [2.24, 2.45) is 5.92 Å². The summed E-state index contributed by atoms with van der Waals surface area (Å²) in [4.78, 5) is 37.0. The summed E-state index contributed by atoms with van der Waals surface area (Å²) in [6.07, 6.45) is -2.95. The predicted octanol–water partition coefficient (Wildman–Crippen LogP) is 2.38. The number of imide groups is 1. The molecule has 1 aromatic rings. The van der Waals surface area contributed by atoms with E-state index in [2.05, 4.69) is 9.97 Å². The second-order valence-corrected chi connectivity index (χ2v) is 7.43. The van der Waals surface area contributed by atoms with Crippen LogP contribution >= 0.6 is 0 Å². The molecule has 7 nitrogen and oxygen atoms in total. The summed E-state index contributed by atoms with van der Waals surface area (Å²) in [5.41, 5.74) is -1.92. The van der Waals surface area contributed by atoms with Crippen molar-refractivity contribution in [2.45, 2.75) is 38.4 Å². The molecular formula is C17H22F3N5O2. The van der Waals surface area contributed by atoms with Crippen molar-refractivity contribution in [1.82, 2.24) is 19.8 Å². The van der Waals surface area contributed by atoms with Gasteiger partial charge in [0.25, 0.3) is 5.91 Å². The fourth-order valence-corrected chi connectivity index (χ4v) is 3.76. The van der Waals surface area contributed by atoms with Gasteiger partial charge in [0.1, 0.15) is 23.4 Å². The number of hydrogen-bond acceptors (Lipinski definition) is 5. The van der Waals surface area contributed by atoms with Gasteiger partial charge in [-0.2, -0.15) is 13.2 Å². The van der Waals surface area contributed by atoms with Gasteiger partial charge in [-0.05, 0) is 18.8 Å². The number of carbonyl (C=O) groups excluding carboxylic acids is 2.